The van der Waals surface area contributed by atoms with E-state index < -0.39 is 12.5 Å². The second kappa shape index (κ2) is 10.6. The van der Waals surface area contributed by atoms with Gasteiger partial charge in [-0.1, -0.05) is 0 Å². The van der Waals surface area contributed by atoms with Gasteiger partial charge >= 0.3 is 6.09 Å². The monoisotopic (exact) mass is 462 g/mol. The number of halogens is 2. The van der Waals surface area contributed by atoms with Crippen LogP contribution in [0.15, 0.2) is 24.7 Å². The van der Waals surface area contributed by atoms with Gasteiger partial charge in [0.1, 0.15) is 5.82 Å². The summed E-state index contributed by atoms with van der Waals surface area (Å²) >= 11 is 0. The zero-order valence-electron chi connectivity index (χ0n) is 18.4. The highest BCUT2D eigenvalue weighted by atomic mass is 19.3. The maximum Gasteiger partial charge on any atom is 0.414 e. The van der Waals surface area contributed by atoms with Gasteiger partial charge in [0.15, 0.2) is 0 Å². The van der Waals surface area contributed by atoms with Gasteiger partial charge in [-0.2, -0.15) is 10.1 Å². The molecule has 1 fully saturated rings. The van der Waals surface area contributed by atoms with Gasteiger partial charge in [-0.15, -0.1) is 0 Å². The molecule has 0 aromatic carbocycles. The number of cyclic esters (lactones) is 1. The maximum atomic E-state index is 13.5. The molecule has 2 aliphatic rings. The van der Waals surface area contributed by atoms with Gasteiger partial charge < -0.3 is 25.6 Å². The standard InChI is InChI=1S/C21H28F2N8O2/c1-14-17(13-31(29-14)15-4-7-24-8-5-15)27-20-26-12-16(18(22)23)19(28-20)25-6-2-9-30-10-3-11-33-21(30)32/h3,11-13,15,18,24H,2,4-10H2,1H3,(H2,25,26,27,28). The van der Waals surface area contributed by atoms with Crippen LogP contribution >= 0.6 is 0 Å². The zero-order chi connectivity index (χ0) is 23.2. The molecular formula is C21H28F2N8O2. The van der Waals surface area contributed by atoms with Crippen LogP contribution in [0.2, 0.25) is 0 Å². The summed E-state index contributed by atoms with van der Waals surface area (Å²) in [6.45, 7) is 5.05. The van der Waals surface area contributed by atoms with Crippen molar-refractivity contribution in [3.63, 3.8) is 0 Å². The van der Waals surface area contributed by atoms with E-state index in [1.165, 1.54) is 11.2 Å². The van der Waals surface area contributed by atoms with E-state index in [9.17, 15) is 13.6 Å². The number of carbonyl (C=O) groups is 1. The predicted octanol–water partition coefficient (Wildman–Crippen LogP) is 3.36. The number of anilines is 3. The molecule has 3 N–H and O–H groups in total. The first-order valence-corrected chi connectivity index (χ1v) is 11.0. The van der Waals surface area contributed by atoms with Gasteiger partial charge in [0, 0.05) is 32.0 Å². The molecule has 1 amide bonds. The zero-order valence-corrected chi connectivity index (χ0v) is 18.4. The summed E-state index contributed by atoms with van der Waals surface area (Å²) in [6, 6.07) is 0.326. The Labute approximate surface area is 190 Å². The largest absolute Gasteiger partial charge is 0.418 e. The van der Waals surface area contributed by atoms with Crippen molar-refractivity contribution in [1.82, 2.24) is 30.0 Å². The minimum absolute atomic E-state index is 0.0621. The van der Waals surface area contributed by atoms with Crippen molar-refractivity contribution in [3.05, 3.63) is 36.0 Å². The highest BCUT2D eigenvalue weighted by Crippen LogP contribution is 2.28. The molecule has 4 heterocycles. The average Bonchev–Trinajstić information content (AvgIpc) is 3.18. The van der Waals surface area contributed by atoms with Gasteiger partial charge in [0.05, 0.1) is 29.2 Å². The number of hydrogen-bond donors (Lipinski definition) is 3. The molecule has 12 heteroatoms. The lowest BCUT2D eigenvalue weighted by Crippen LogP contribution is -2.34. The number of piperidine rings is 1. The van der Waals surface area contributed by atoms with Crippen LogP contribution in [0.3, 0.4) is 0 Å². The number of rotatable bonds is 9. The van der Waals surface area contributed by atoms with Gasteiger partial charge in [-0.25, -0.2) is 18.6 Å². The summed E-state index contributed by atoms with van der Waals surface area (Å²) in [7, 11) is 0. The molecule has 10 nitrogen and oxygen atoms in total. The van der Waals surface area contributed by atoms with Crippen molar-refractivity contribution in [3.8, 4) is 0 Å². The SMILES string of the molecule is Cc1nn(C2CCNCC2)cc1Nc1ncc(C(F)F)c(NCCCN2CC=COC2=O)n1. The van der Waals surface area contributed by atoms with Crippen molar-refractivity contribution in [2.24, 2.45) is 0 Å². The third-order valence-corrected chi connectivity index (χ3v) is 5.64. The highest BCUT2D eigenvalue weighted by molar-refractivity contribution is 5.69. The van der Waals surface area contributed by atoms with E-state index in [0.29, 0.717) is 32.1 Å². The summed E-state index contributed by atoms with van der Waals surface area (Å²) in [4.78, 5) is 21.5. The Kier molecular flexibility index (Phi) is 7.33. The molecule has 0 spiro atoms. The summed E-state index contributed by atoms with van der Waals surface area (Å²) in [5.74, 6) is 0.270. The van der Waals surface area contributed by atoms with Crippen LogP contribution in [0.4, 0.5) is 31.0 Å². The van der Waals surface area contributed by atoms with Crippen LogP contribution < -0.4 is 16.0 Å². The topological polar surface area (TPSA) is 109 Å². The van der Waals surface area contributed by atoms with E-state index in [2.05, 4.69) is 31.0 Å². The quantitative estimate of drug-likeness (QED) is 0.487. The molecule has 0 unspecified atom stereocenters. The number of nitrogens with one attached hydrogen (secondary N) is 3. The molecule has 0 bridgehead atoms. The fourth-order valence-corrected chi connectivity index (χ4v) is 3.82. The summed E-state index contributed by atoms with van der Waals surface area (Å²) in [6.07, 6.45) is 5.55. The lowest BCUT2D eigenvalue weighted by molar-refractivity contribution is 0.133. The average molecular weight is 463 g/mol. The molecular weight excluding hydrogens is 434 g/mol. The van der Waals surface area contributed by atoms with Crippen molar-refractivity contribution < 1.29 is 18.3 Å². The Balaban J connectivity index is 1.40. The predicted molar refractivity (Wildman–Crippen MR) is 119 cm³/mol. The normalized spacial score (nSPS) is 16.8. The molecule has 33 heavy (non-hydrogen) atoms. The summed E-state index contributed by atoms with van der Waals surface area (Å²) < 4.78 is 33.7. The number of aromatic nitrogens is 4. The van der Waals surface area contributed by atoms with E-state index in [0.717, 1.165) is 43.5 Å². The summed E-state index contributed by atoms with van der Waals surface area (Å²) in [5.41, 5.74) is 1.25. The van der Waals surface area contributed by atoms with Crippen LogP contribution in [0.1, 0.15) is 43.0 Å². The lowest BCUT2D eigenvalue weighted by Gasteiger charge is -2.22. The maximum absolute atomic E-state index is 13.5. The first-order valence-electron chi connectivity index (χ1n) is 11.0. The van der Waals surface area contributed by atoms with Crippen molar-refractivity contribution >= 4 is 23.5 Å². The first kappa shape index (κ1) is 22.9. The van der Waals surface area contributed by atoms with Crippen LogP contribution in [0, 0.1) is 6.92 Å². The third-order valence-electron chi connectivity index (χ3n) is 5.64. The van der Waals surface area contributed by atoms with Crippen molar-refractivity contribution in [1.29, 1.82) is 0 Å². The Morgan fingerprint density at radius 3 is 2.91 bits per heavy atom. The Morgan fingerprint density at radius 2 is 2.15 bits per heavy atom. The lowest BCUT2D eigenvalue weighted by atomic mass is 10.1. The van der Waals surface area contributed by atoms with Crippen molar-refractivity contribution in [2.45, 2.75) is 38.7 Å². The molecule has 4 rings (SSSR count). The Hall–Kier alpha value is -3.28. The summed E-state index contributed by atoms with van der Waals surface area (Å²) in [5, 5.41) is 14.0. The van der Waals surface area contributed by atoms with E-state index >= 15 is 0 Å². The number of alkyl halides is 2. The smallest absolute Gasteiger partial charge is 0.414 e. The van der Waals surface area contributed by atoms with Crippen LogP contribution in [-0.2, 0) is 4.74 Å². The van der Waals surface area contributed by atoms with E-state index in [1.807, 2.05) is 17.8 Å². The van der Waals surface area contributed by atoms with E-state index in [1.54, 1.807) is 6.08 Å². The number of aryl methyl sites for hydroxylation is 1. The van der Waals surface area contributed by atoms with Gasteiger partial charge in [-0.05, 0) is 45.4 Å². The fraction of sp³-hybridized carbons (Fsp3) is 0.524. The van der Waals surface area contributed by atoms with Crippen LogP contribution in [0.25, 0.3) is 0 Å². The molecule has 0 radical (unpaired) electrons. The fourth-order valence-electron chi connectivity index (χ4n) is 3.82. The molecule has 2 aliphatic heterocycles. The minimum Gasteiger partial charge on any atom is -0.418 e. The second-order valence-electron chi connectivity index (χ2n) is 7.99. The minimum atomic E-state index is -2.71. The molecule has 0 aliphatic carbocycles. The molecule has 0 atom stereocenters. The molecule has 1 saturated heterocycles. The van der Waals surface area contributed by atoms with Gasteiger partial charge in [0.25, 0.3) is 6.43 Å². The first-order chi connectivity index (χ1) is 16.0. The van der Waals surface area contributed by atoms with Crippen LogP contribution in [0.5, 0.6) is 0 Å². The molecule has 2 aromatic heterocycles. The number of nitrogens with zero attached hydrogens (tertiary/aromatic N) is 5. The number of amides is 1. The molecule has 178 valence electrons. The van der Waals surface area contributed by atoms with E-state index in [4.69, 9.17) is 4.74 Å². The Morgan fingerprint density at radius 1 is 1.33 bits per heavy atom. The number of hydrogen-bond acceptors (Lipinski definition) is 8. The van der Waals surface area contributed by atoms with Gasteiger partial charge in [-0.3, -0.25) is 4.68 Å². The Bertz CT molecular complexity index is 991. The molecule has 2 aromatic rings. The third kappa shape index (κ3) is 5.75. The number of carbonyl (C=O) groups excluding carboxylic acids is 1. The van der Waals surface area contributed by atoms with E-state index in [-0.39, 0.29) is 17.3 Å². The molecule has 0 saturated carbocycles. The van der Waals surface area contributed by atoms with Crippen molar-refractivity contribution in [2.75, 3.05) is 43.4 Å². The number of ether oxygens (including phenoxy) is 1. The second-order valence-corrected chi connectivity index (χ2v) is 7.99. The van der Waals surface area contributed by atoms with Crippen LogP contribution in [-0.4, -0.2) is 63.5 Å². The highest BCUT2D eigenvalue weighted by Gasteiger charge is 2.20. The van der Waals surface area contributed by atoms with Gasteiger partial charge in [0.2, 0.25) is 5.95 Å².